The molecule has 0 spiro atoms. The van der Waals surface area contributed by atoms with Crippen LogP contribution >= 0.6 is 0 Å². The van der Waals surface area contributed by atoms with Gasteiger partial charge in [-0.25, -0.2) is 0 Å². The van der Waals surface area contributed by atoms with Gasteiger partial charge in [-0.2, -0.15) is 0 Å². The van der Waals surface area contributed by atoms with Crippen LogP contribution in [0.15, 0.2) is 59.0 Å². The molecule has 0 saturated heterocycles. The Kier molecular flexibility index (Phi) is 1.81. The van der Waals surface area contributed by atoms with E-state index in [9.17, 15) is 0 Å². The lowest BCUT2D eigenvalue weighted by Gasteiger charge is -2.02. The maximum Gasteiger partial charge on any atom is 0.136 e. The van der Waals surface area contributed by atoms with E-state index in [4.69, 9.17) is 4.42 Å². The van der Waals surface area contributed by atoms with Crippen LogP contribution in [0.25, 0.3) is 32.7 Å². The summed E-state index contributed by atoms with van der Waals surface area (Å²) in [6, 6.07) is 18.9. The van der Waals surface area contributed by atoms with Crippen LogP contribution in [0.5, 0.6) is 0 Å². The quantitative estimate of drug-likeness (QED) is 0.413. The van der Waals surface area contributed by atoms with Crippen LogP contribution in [0.2, 0.25) is 0 Å². The Labute approximate surface area is 105 Å². The Balaban J connectivity index is 2.39. The summed E-state index contributed by atoms with van der Waals surface area (Å²) >= 11 is 0. The number of para-hydroxylation sites is 1. The summed E-state index contributed by atoms with van der Waals surface area (Å²) in [5, 5.41) is 5.00. The zero-order chi connectivity index (χ0) is 12.1. The van der Waals surface area contributed by atoms with E-state index in [1.807, 2.05) is 12.1 Å². The molecule has 0 saturated carbocycles. The highest BCUT2D eigenvalue weighted by molar-refractivity contribution is 6.19. The van der Waals surface area contributed by atoms with Gasteiger partial charge < -0.3 is 4.42 Å². The molecule has 0 radical (unpaired) electrons. The molecule has 3 aromatic carbocycles. The highest BCUT2D eigenvalue weighted by atomic mass is 16.3. The predicted octanol–water partition coefficient (Wildman–Crippen LogP) is 5.05. The van der Waals surface area contributed by atoms with Crippen molar-refractivity contribution in [3.63, 3.8) is 0 Å². The molecule has 1 heterocycles. The van der Waals surface area contributed by atoms with E-state index in [1.54, 1.807) is 0 Å². The maximum absolute atomic E-state index is 5.94. The maximum atomic E-state index is 5.94. The van der Waals surface area contributed by atoms with E-state index in [0.717, 1.165) is 11.2 Å². The Morgan fingerprint density at radius 1 is 0.722 bits per heavy atom. The highest BCUT2D eigenvalue weighted by Gasteiger charge is 2.10. The van der Waals surface area contributed by atoms with Crippen molar-refractivity contribution < 1.29 is 4.42 Å². The van der Waals surface area contributed by atoms with Gasteiger partial charge in [-0.15, -0.1) is 0 Å². The molecular formula is C17H12O. The van der Waals surface area contributed by atoms with Gasteiger partial charge in [0.1, 0.15) is 11.2 Å². The normalized spacial score (nSPS) is 11.6. The topological polar surface area (TPSA) is 13.1 Å². The van der Waals surface area contributed by atoms with Gasteiger partial charge in [0.2, 0.25) is 0 Å². The molecule has 0 aliphatic heterocycles. The van der Waals surface area contributed by atoms with E-state index in [-0.39, 0.29) is 0 Å². The first-order valence-corrected chi connectivity index (χ1v) is 6.14. The second-order valence-corrected chi connectivity index (χ2v) is 4.71. The summed E-state index contributed by atoms with van der Waals surface area (Å²) < 4.78 is 5.94. The molecule has 4 rings (SSSR count). The second kappa shape index (κ2) is 3.36. The largest absolute Gasteiger partial charge is 0.456 e. The molecule has 0 N–H and O–H groups in total. The van der Waals surface area contributed by atoms with E-state index in [2.05, 4.69) is 49.4 Å². The van der Waals surface area contributed by atoms with Crippen molar-refractivity contribution >= 4 is 32.7 Å². The van der Waals surface area contributed by atoms with Gasteiger partial charge in [-0.3, -0.25) is 0 Å². The smallest absolute Gasteiger partial charge is 0.136 e. The fourth-order valence-corrected chi connectivity index (χ4v) is 2.76. The van der Waals surface area contributed by atoms with Crippen LogP contribution in [0.4, 0.5) is 0 Å². The molecule has 4 aromatic rings. The van der Waals surface area contributed by atoms with E-state index in [0.29, 0.717) is 0 Å². The van der Waals surface area contributed by atoms with Crippen LogP contribution in [0, 0.1) is 6.92 Å². The Hall–Kier alpha value is -2.28. The molecule has 86 valence electrons. The third-order valence-electron chi connectivity index (χ3n) is 3.59. The fraction of sp³-hybridized carbons (Fsp3) is 0.0588. The minimum Gasteiger partial charge on any atom is -0.456 e. The zero-order valence-corrected chi connectivity index (χ0v) is 10.1. The van der Waals surface area contributed by atoms with Gasteiger partial charge in [0.25, 0.3) is 0 Å². The van der Waals surface area contributed by atoms with Gasteiger partial charge in [0.15, 0.2) is 0 Å². The van der Waals surface area contributed by atoms with Gasteiger partial charge in [0, 0.05) is 10.8 Å². The Morgan fingerprint density at radius 2 is 1.39 bits per heavy atom. The molecule has 0 atom stereocenters. The zero-order valence-electron chi connectivity index (χ0n) is 10.1. The molecule has 0 amide bonds. The SMILES string of the molecule is Cc1cc2oc3ccccc3c2c2ccccc12. The van der Waals surface area contributed by atoms with Crippen LogP contribution in [0.1, 0.15) is 5.56 Å². The van der Waals surface area contributed by atoms with Crippen molar-refractivity contribution in [3.8, 4) is 0 Å². The number of hydrogen-bond acceptors (Lipinski definition) is 1. The number of benzene rings is 3. The predicted molar refractivity (Wildman–Crippen MR) is 76.0 cm³/mol. The standard InChI is InChI=1S/C17H12O/c1-11-10-16-17(13-7-3-2-6-12(11)13)14-8-4-5-9-15(14)18-16/h2-10H,1H3. The average Bonchev–Trinajstić information content (AvgIpc) is 2.77. The minimum absolute atomic E-state index is 0.961. The van der Waals surface area contributed by atoms with E-state index >= 15 is 0 Å². The Bertz CT molecular complexity index is 884. The summed E-state index contributed by atoms with van der Waals surface area (Å²) in [6.07, 6.45) is 0. The number of hydrogen-bond donors (Lipinski definition) is 0. The van der Waals surface area contributed by atoms with Crippen molar-refractivity contribution in [3.05, 3.63) is 60.2 Å². The summed E-state index contributed by atoms with van der Waals surface area (Å²) in [7, 11) is 0. The first-order valence-electron chi connectivity index (χ1n) is 6.14. The summed E-state index contributed by atoms with van der Waals surface area (Å²) in [5.41, 5.74) is 3.20. The summed E-state index contributed by atoms with van der Waals surface area (Å²) in [4.78, 5) is 0. The lowest BCUT2D eigenvalue weighted by Crippen LogP contribution is -1.79. The Morgan fingerprint density at radius 3 is 2.22 bits per heavy atom. The molecule has 1 nitrogen and oxygen atoms in total. The molecular weight excluding hydrogens is 220 g/mol. The lowest BCUT2D eigenvalue weighted by atomic mass is 10.0. The molecule has 0 fully saturated rings. The molecule has 18 heavy (non-hydrogen) atoms. The van der Waals surface area contributed by atoms with Crippen molar-refractivity contribution in [2.75, 3.05) is 0 Å². The average molecular weight is 232 g/mol. The van der Waals surface area contributed by atoms with Gasteiger partial charge >= 0.3 is 0 Å². The summed E-state index contributed by atoms with van der Waals surface area (Å²) in [6.45, 7) is 2.13. The van der Waals surface area contributed by atoms with Gasteiger partial charge in [0.05, 0.1) is 0 Å². The number of aryl methyl sites for hydroxylation is 1. The first-order chi connectivity index (χ1) is 8.84. The van der Waals surface area contributed by atoms with Crippen LogP contribution in [-0.4, -0.2) is 0 Å². The van der Waals surface area contributed by atoms with Crippen molar-refractivity contribution in [1.82, 2.24) is 0 Å². The van der Waals surface area contributed by atoms with E-state index in [1.165, 1.54) is 27.1 Å². The molecule has 0 aliphatic rings. The third-order valence-corrected chi connectivity index (χ3v) is 3.59. The fourth-order valence-electron chi connectivity index (χ4n) is 2.76. The highest BCUT2D eigenvalue weighted by Crippen LogP contribution is 2.35. The number of furan rings is 1. The number of rotatable bonds is 0. The van der Waals surface area contributed by atoms with Crippen LogP contribution in [-0.2, 0) is 0 Å². The number of fused-ring (bicyclic) bond motifs is 5. The van der Waals surface area contributed by atoms with Crippen molar-refractivity contribution in [2.45, 2.75) is 6.92 Å². The van der Waals surface area contributed by atoms with Crippen LogP contribution < -0.4 is 0 Å². The van der Waals surface area contributed by atoms with Crippen molar-refractivity contribution in [1.29, 1.82) is 0 Å². The summed E-state index contributed by atoms with van der Waals surface area (Å²) in [5.74, 6) is 0. The molecule has 0 bridgehead atoms. The second-order valence-electron chi connectivity index (χ2n) is 4.71. The van der Waals surface area contributed by atoms with Crippen LogP contribution in [0.3, 0.4) is 0 Å². The molecule has 1 aromatic heterocycles. The third kappa shape index (κ3) is 1.16. The first kappa shape index (κ1) is 9.72. The van der Waals surface area contributed by atoms with Gasteiger partial charge in [-0.05, 0) is 35.4 Å². The van der Waals surface area contributed by atoms with Gasteiger partial charge in [-0.1, -0.05) is 42.5 Å². The van der Waals surface area contributed by atoms with E-state index < -0.39 is 0 Å². The molecule has 0 unspecified atom stereocenters. The molecule has 1 heteroatoms. The monoisotopic (exact) mass is 232 g/mol. The molecule has 0 aliphatic carbocycles. The lowest BCUT2D eigenvalue weighted by molar-refractivity contribution is 0.669. The van der Waals surface area contributed by atoms with Crippen molar-refractivity contribution in [2.24, 2.45) is 0 Å². The minimum atomic E-state index is 0.961.